The summed E-state index contributed by atoms with van der Waals surface area (Å²) in [6.07, 6.45) is 0. The first-order chi connectivity index (χ1) is 10.1. The molecule has 0 fully saturated rings. The molecule has 1 heterocycles. The summed E-state index contributed by atoms with van der Waals surface area (Å²) < 4.78 is 35.0. The van der Waals surface area contributed by atoms with Crippen molar-refractivity contribution in [3.8, 4) is 5.75 Å². The molecule has 0 radical (unpaired) electrons. The number of ether oxygens (including phenoxy) is 1. The predicted octanol–water partition coefficient (Wildman–Crippen LogP) is 4.66. The highest BCUT2D eigenvalue weighted by atomic mass is 32.2. The maximum Gasteiger partial charge on any atom is 0.284 e. The number of hydrogen-bond donors (Lipinski definition) is 1. The number of methoxy groups -OCH3 is 1. The molecule has 0 saturated carbocycles. The second-order valence-corrected chi connectivity index (χ2v) is 5.48. The molecule has 2 rings (SSSR count). The molecule has 0 aliphatic carbocycles. The molecule has 1 N–H and O–H groups in total. The van der Waals surface area contributed by atoms with Gasteiger partial charge in [-0.2, -0.15) is 8.78 Å². The molecule has 0 unspecified atom stereocenters. The van der Waals surface area contributed by atoms with E-state index in [1.165, 1.54) is 0 Å². The van der Waals surface area contributed by atoms with Crippen LogP contribution in [0, 0.1) is 6.92 Å². The van der Waals surface area contributed by atoms with Crippen molar-refractivity contribution in [2.45, 2.75) is 25.0 Å². The van der Waals surface area contributed by atoms with Crippen LogP contribution in [0.4, 0.5) is 14.5 Å². The third-order valence-electron chi connectivity index (χ3n) is 2.88. The van der Waals surface area contributed by atoms with Crippen LogP contribution < -0.4 is 10.1 Å². The van der Waals surface area contributed by atoms with E-state index in [0.717, 1.165) is 17.0 Å². The number of halogens is 2. The SMILES string of the molecule is COc1ccc(C)cc1NCc1ccc(CSC(F)F)o1. The molecule has 1 aromatic carbocycles. The number of anilines is 1. The largest absolute Gasteiger partial charge is 0.495 e. The van der Waals surface area contributed by atoms with Crippen molar-refractivity contribution in [3.63, 3.8) is 0 Å². The van der Waals surface area contributed by atoms with Crippen molar-refractivity contribution in [3.05, 3.63) is 47.4 Å². The lowest BCUT2D eigenvalue weighted by Crippen LogP contribution is -2.00. The number of alkyl halides is 2. The summed E-state index contributed by atoms with van der Waals surface area (Å²) in [7, 11) is 1.61. The standard InChI is InChI=1S/C15H17F2NO2S/c1-10-3-6-14(19-2)13(7-10)18-8-11-4-5-12(20-11)9-21-15(16)17/h3-7,15,18H,8-9H2,1-2H3. The van der Waals surface area contributed by atoms with Crippen molar-refractivity contribution in [2.75, 3.05) is 12.4 Å². The Morgan fingerprint density at radius 3 is 2.71 bits per heavy atom. The molecule has 0 saturated heterocycles. The maximum atomic E-state index is 12.1. The topological polar surface area (TPSA) is 34.4 Å². The highest BCUT2D eigenvalue weighted by molar-refractivity contribution is 7.98. The Labute approximate surface area is 126 Å². The first-order valence-electron chi connectivity index (χ1n) is 6.44. The third-order valence-corrected chi connectivity index (χ3v) is 3.58. The second kappa shape index (κ2) is 7.36. The van der Waals surface area contributed by atoms with Crippen molar-refractivity contribution in [1.82, 2.24) is 0 Å². The lowest BCUT2D eigenvalue weighted by molar-refractivity contribution is 0.251. The average molecular weight is 313 g/mol. The Hall–Kier alpha value is -1.69. The number of rotatable bonds is 7. The van der Waals surface area contributed by atoms with Gasteiger partial charge in [-0.1, -0.05) is 17.8 Å². The predicted molar refractivity (Wildman–Crippen MR) is 81.1 cm³/mol. The second-order valence-electron chi connectivity index (χ2n) is 4.50. The lowest BCUT2D eigenvalue weighted by atomic mass is 10.2. The smallest absolute Gasteiger partial charge is 0.284 e. The van der Waals surface area contributed by atoms with Crippen molar-refractivity contribution in [2.24, 2.45) is 0 Å². The van der Waals surface area contributed by atoms with Gasteiger partial charge < -0.3 is 14.5 Å². The van der Waals surface area contributed by atoms with Crippen LogP contribution in [0.1, 0.15) is 17.1 Å². The molecule has 0 bridgehead atoms. The van der Waals surface area contributed by atoms with Gasteiger partial charge in [-0.05, 0) is 36.8 Å². The van der Waals surface area contributed by atoms with Crippen LogP contribution in [0.5, 0.6) is 5.75 Å². The summed E-state index contributed by atoms with van der Waals surface area (Å²) in [6.45, 7) is 2.47. The van der Waals surface area contributed by atoms with E-state index in [1.54, 1.807) is 19.2 Å². The van der Waals surface area contributed by atoms with Crippen LogP contribution in [0.3, 0.4) is 0 Å². The molecule has 1 aromatic heterocycles. The molecular weight excluding hydrogens is 296 g/mol. The summed E-state index contributed by atoms with van der Waals surface area (Å²) in [4.78, 5) is 0. The van der Waals surface area contributed by atoms with E-state index in [-0.39, 0.29) is 5.75 Å². The molecule has 0 atom stereocenters. The molecule has 21 heavy (non-hydrogen) atoms. The van der Waals surface area contributed by atoms with E-state index >= 15 is 0 Å². The monoisotopic (exact) mass is 313 g/mol. The summed E-state index contributed by atoms with van der Waals surface area (Å²) in [5.41, 5.74) is 1.99. The van der Waals surface area contributed by atoms with Crippen LogP contribution in [0.15, 0.2) is 34.7 Å². The number of aryl methyl sites for hydroxylation is 1. The van der Waals surface area contributed by atoms with Gasteiger partial charge in [0.2, 0.25) is 0 Å². The fourth-order valence-corrected chi connectivity index (χ4v) is 2.33. The summed E-state index contributed by atoms with van der Waals surface area (Å²) in [6, 6.07) is 9.35. The molecule has 6 heteroatoms. The van der Waals surface area contributed by atoms with E-state index in [4.69, 9.17) is 9.15 Å². The van der Waals surface area contributed by atoms with Gasteiger partial charge in [-0.25, -0.2) is 0 Å². The number of thioether (sulfide) groups is 1. The first-order valence-corrected chi connectivity index (χ1v) is 7.49. The van der Waals surface area contributed by atoms with Crippen LogP contribution in [0.2, 0.25) is 0 Å². The van der Waals surface area contributed by atoms with Crippen LogP contribution in [-0.4, -0.2) is 12.9 Å². The highest BCUT2D eigenvalue weighted by Gasteiger charge is 2.08. The molecule has 0 spiro atoms. The van der Waals surface area contributed by atoms with E-state index in [0.29, 0.717) is 29.8 Å². The van der Waals surface area contributed by atoms with E-state index < -0.39 is 5.76 Å². The summed E-state index contributed by atoms with van der Waals surface area (Å²) in [5.74, 6) is -0.212. The number of nitrogens with one attached hydrogen (secondary N) is 1. The van der Waals surface area contributed by atoms with E-state index in [2.05, 4.69) is 5.32 Å². The van der Waals surface area contributed by atoms with E-state index in [1.807, 2.05) is 25.1 Å². The Morgan fingerprint density at radius 2 is 2.00 bits per heavy atom. The van der Waals surface area contributed by atoms with Gasteiger partial charge in [0.15, 0.2) is 0 Å². The van der Waals surface area contributed by atoms with Crippen LogP contribution in [0.25, 0.3) is 0 Å². The Morgan fingerprint density at radius 1 is 1.24 bits per heavy atom. The van der Waals surface area contributed by atoms with Gasteiger partial charge in [0.25, 0.3) is 5.76 Å². The Kier molecular flexibility index (Phi) is 5.50. The minimum Gasteiger partial charge on any atom is -0.495 e. The normalized spacial score (nSPS) is 10.9. The lowest BCUT2D eigenvalue weighted by Gasteiger charge is -2.11. The molecule has 2 aromatic rings. The minimum absolute atomic E-state index is 0.172. The fraction of sp³-hybridized carbons (Fsp3) is 0.333. The van der Waals surface area contributed by atoms with Crippen molar-refractivity contribution in [1.29, 1.82) is 0 Å². The van der Waals surface area contributed by atoms with Crippen LogP contribution >= 0.6 is 11.8 Å². The van der Waals surface area contributed by atoms with Gasteiger partial charge in [-0.3, -0.25) is 0 Å². The zero-order valence-electron chi connectivity index (χ0n) is 11.9. The molecule has 114 valence electrons. The van der Waals surface area contributed by atoms with Gasteiger partial charge in [-0.15, -0.1) is 0 Å². The highest BCUT2D eigenvalue weighted by Crippen LogP contribution is 2.26. The van der Waals surface area contributed by atoms with Crippen LogP contribution in [-0.2, 0) is 12.3 Å². The zero-order valence-corrected chi connectivity index (χ0v) is 12.7. The van der Waals surface area contributed by atoms with Gasteiger partial charge in [0.1, 0.15) is 17.3 Å². The minimum atomic E-state index is -2.38. The Bertz CT molecular complexity index is 587. The molecule has 0 amide bonds. The Balaban J connectivity index is 1.95. The quantitative estimate of drug-likeness (QED) is 0.806. The summed E-state index contributed by atoms with van der Waals surface area (Å²) in [5, 5.41) is 3.23. The first kappa shape index (κ1) is 15.7. The molecule has 0 aliphatic heterocycles. The zero-order chi connectivity index (χ0) is 15.2. The fourth-order valence-electron chi connectivity index (χ4n) is 1.88. The third kappa shape index (κ3) is 4.67. The van der Waals surface area contributed by atoms with Gasteiger partial charge in [0.05, 0.1) is 25.1 Å². The van der Waals surface area contributed by atoms with Gasteiger partial charge >= 0.3 is 0 Å². The molecule has 3 nitrogen and oxygen atoms in total. The molecular formula is C15H17F2NO2S. The molecule has 0 aliphatic rings. The number of benzene rings is 1. The maximum absolute atomic E-state index is 12.1. The average Bonchev–Trinajstić information content (AvgIpc) is 2.91. The van der Waals surface area contributed by atoms with E-state index in [9.17, 15) is 8.78 Å². The van der Waals surface area contributed by atoms with Gasteiger partial charge in [0, 0.05) is 0 Å². The number of hydrogen-bond acceptors (Lipinski definition) is 4. The summed E-state index contributed by atoms with van der Waals surface area (Å²) >= 11 is 0.553. The number of furan rings is 1. The van der Waals surface area contributed by atoms with Crippen molar-refractivity contribution < 1.29 is 17.9 Å². The van der Waals surface area contributed by atoms with Crippen molar-refractivity contribution >= 4 is 17.4 Å².